The molecule has 0 saturated heterocycles. The highest BCUT2D eigenvalue weighted by Crippen LogP contribution is 2.45. The summed E-state index contributed by atoms with van der Waals surface area (Å²) in [5.41, 5.74) is -0.547. The molecule has 0 spiro atoms. The number of aliphatic hydroxyl groups excluding tert-OH is 1. The highest BCUT2D eigenvalue weighted by Gasteiger charge is 2.42. The van der Waals surface area contributed by atoms with Gasteiger partial charge in [-0.1, -0.05) is 44.9 Å². The van der Waals surface area contributed by atoms with Gasteiger partial charge in [0.05, 0.1) is 5.60 Å². The Morgan fingerprint density at radius 2 is 1.62 bits per heavy atom. The van der Waals surface area contributed by atoms with E-state index in [9.17, 15) is 5.11 Å². The number of hydrogen-bond donors (Lipinski definition) is 2. The van der Waals surface area contributed by atoms with E-state index in [-0.39, 0.29) is 6.61 Å². The van der Waals surface area contributed by atoms with Crippen LogP contribution in [0.25, 0.3) is 0 Å². The van der Waals surface area contributed by atoms with Gasteiger partial charge in [0.15, 0.2) is 0 Å². The van der Waals surface area contributed by atoms with Crippen molar-refractivity contribution in [2.24, 2.45) is 11.8 Å². The Hall–Kier alpha value is -0.0800. The van der Waals surface area contributed by atoms with Gasteiger partial charge in [0.1, 0.15) is 0 Å². The summed E-state index contributed by atoms with van der Waals surface area (Å²) in [6, 6.07) is 0. The Morgan fingerprint density at radius 3 is 2.31 bits per heavy atom. The minimum Gasteiger partial charge on any atom is -0.396 e. The highest BCUT2D eigenvalue weighted by molar-refractivity contribution is 4.93. The van der Waals surface area contributed by atoms with Crippen molar-refractivity contribution in [3.05, 3.63) is 0 Å². The molecule has 16 heavy (non-hydrogen) atoms. The van der Waals surface area contributed by atoms with Crippen LogP contribution < -0.4 is 0 Å². The Kier molecular flexibility index (Phi) is 4.26. The molecule has 0 radical (unpaired) electrons. The summed E-state index contributed by atoms with van der Waals surface area (Å²) in [6.45, 7) is 0.139. The van der Waals surface area contributed by atoms with Crippen LogP contribution >= 0.6 is 0 Å². The lowest BCUT2D eigenvalue weighted by Crippen LogP contribution is -2.45. The van der Waals surface area contributed by atoms with Gasteiger partial charge < -0.3 is 10.2 Å². The van der Waals surface area contributed by atoms with Crippen molar-refractivity contribution < 1.29 is 10.2 Å². The monoisotopic (exact) mass is 226 g/mol. The van der Waals surface area contributed by atoms with E-state index in [0.717, 1.165) is 18.8 Å². The third-order valence-electron chi connectivity index (χ3n) is 4.83. The minimum absolute atomic E-state index is 0.139. The molecule has 94 valence electrons. The molecule has 0 aromatic heterocycles. The van der Waals surface area contributed by atoms with Crippen molar-refractivity contribution in [3.63, 3.8) is 0 Å². The molecule has 0 bridgehead atoms. The number of hydrogen-bond acceptors (Lipinski definition) is 2. The molecule has 0 aromatic carbocycles. The molecule has 2 heteroatoms. The zero-order valence-electron chi connectivity index (χ0n) is 10.3. The van der Waals surface area contributed by atoms with Crippen LogP contribution in [0.2, 0.25) is 0 Å². The fraction of sp³-hybridized carbons (Fsp3) is 1.00. The van der Waals surface area contributed by atoms with Crippen LogP contribution in [0.1, 0.15) is 64.2 Å². The van der Waals surface area contributed by atoms with E-state index in [2.05, 4.69) is 0 Å². The zero-order valence-corrected chi connectivity index (χ0v) is 10.3. The Morgan fingerprint density at radius 1 is 0.938 bits per heavy atom. The maximum atomic E-state index is 10.7. The standard InChI is InChI=1S/C14H26O2/c15-11-10-14(16)9-5-4-8-13(14)12-6-2-1-3-7-12/h12-13,15-16H,1-11H2. The largest absolute Gasteiger partial charge is 0.396 e. The molecule has 2 atom stereocenters. The van der Waals surface area contributed by atoms with Crippen molar-refractivity contribution in [2.45, 2.75) is 69.8 Å². The van der Waals surface area contributed by atoms with Crippen LogP contribution in [0, 0.1) is 11.8 Å². The minimum atomic E-state index is -0.547. The molecular formula is C14H26O2. The van der Waals surface area contributed by atoms with Crippen LogP contribution in [0.5, 0.6) is 0 Å². The lowest BCUT2D eigenvalue weighted by Gasteiger charge is -2.45. The molecule has 2 aliphatic carbocycles. The third-order valence-corrected chi connectivity index (χ3v) is 4.83. The van der Waals surface area contributed by atoms with Gasteiger partial charge in [0.2, 0.25) is 0 Å². The van der Waals surface area contributed by atoms with Crippen molar-refractivity contribution in [1.29, 1.82) is 0 Å². The Labute approximate surface area is 99.1 Å². The van der Waals surface area contributed by atoms with Crippen LogP contribution in [-0.4, -0.2) is 22.4 Å². The first kappa shape index (κ1) is 12.4. The Balaban J connectivity index is 2.02. The smallest absolute Gasteiger partial charge is 0.0700 e. The van der Waals surface area contributed by atoms with Gasteiger partial charge in [-0.2, -0.15) is 0 Å². The van der Waals surface area contributed by atoms with Crippen LogP contribution in [-0.2, 0) is 0 Å². The van der Waals surface area contributed by atoms with Gasteiger partial charge >= 0.3 is 0 Å². The molecule has 0 amide bonds. The molecule has 2 saturated carbocycles. The summed E-state index contributed by atoms with van der Waals surface area (Å²) in [6.07, 6.45) is 11.8. The molecule has 0 heterocycles. The summed E-state index contributed by atoms with van der Waals surface area (Å²) >= 11 is 0. The second-order valence-electron chi connectivity index (χ2n) is 5.83. The third kappa shape index (κ3) is 2.60. The maximum Gasteiger partial charge on any atom is 0.0700 e. The zero-order chi connectivity index (χ0) is 11.4. The quantitative estimate of drug-likeness (QED) is 0.777. The van der Waals surface area contributed by atoms with Gasteiger partial charge in [-0.25, -0.2) is 0 Å². The van der Waals surface area contributed by atoms with E-state index in [1.54, 1.807) is 0 Å². The van der Waals surface area contributed by atoms with Gasteiger partial charge in [0.25, 0.3) is 0 Å². The van der Waals surface area contributed by atoms with Crippen molar-refractivity contribution in [2.75, 3.05) is 6.61 Å². The molecule has 2 rings (SSSR count). The summed E-state index contributed by atoms with van der Waals surface area (Å²) in [4.78, 5) is 0. The molecule has 2 fully saturated rings. The fourth-order valence-electron chi connectivity index (χ4n) is 3.96. The number of aliphatic hydroxyl groups is 2. The number of rotatable bonds is 3. The molecule has 0 aliphatic heterocycles. The van der Waals surface area contributed by atoms with E-state index in [0.29, 0.717) is 12.3 Å². The van der Waals surface area contributed by atoms with E-state index in [1.807, 2.05) is 0 Å². The molecule has 0 aromatic rings. The SMILES string of the molecule is OCCC1(O)CCCCC1C1CCCCC1. The van der Waals surface area contributed by atoms with Gasteiger partial charge in [-0.3, -0.25) is 0 Å². The summed E-state index contributed by atoms with van der Waals surface area (Å²) in [5.74, 6) is 1.19. The average molecular weight is 226 g/mol. The van der Waals surface area contributed by atoms with Crippen LogP contribution in [0.15, 0.2) is 0 Å². The summed E-state index contributed by atoms with van der Waals surface area (Å²) in [5, 5.41) is 19.9. The average Bonchev–Trinajstić information content (AvgIpc) is 2.31. The lowest BCUT2D eigenvalue weighted by atomic mass is 9.64. The molecule has 2 nitrogen and oxygen atoms in total. The topological polar surface area (TPSA) is 40.5 Å². The van der Waals surface area contributed by atoms with E-state index < -0.39 is 5.60 Å². The molecule has 2 aliphatic rings. The predicted octanol–water partition coefficient (Wildman–Crippen LogP) is 2.87. The van der Waals surface area contributed by atoms with Gasteiger partial charge in [-0.05, 0) is 31.1 Å². The van der Waals surface area contributed by atoms with Crippen LogP contribution in [0.4, 0.5) is 0 Å². The first-order valence-corrected chi connectivity index (χ1v) is 7.09. The van der Waals surface area contributed by atoms with Crippen molar-refractivity contribution in [3.8, 4) is 0 Å². The highest BCUT2D eigenvalue weighted by atomic mass is 16.3. The first-order valence-electron chi connectivity index (χ1n) is 7.09. The van der Waals surface area contributed by atoms with Crippen LogP contribution in [0.3, 0.4) is 0 Å². The second-order valence-corrected chi connectivity index (χ2v) is 5.83. The Bertz CT molecular complexity index is 207. The molecule has 2 N–H and O–H groups in total. The summed E-state index contributed by atoms with van der Waals surface area (Å²) in [7, 11) is 0. The predicted molar refractivity (Wildman–Crippen MR) is 65.2 cm³/mol. The first-order chi connectivity index (χ1) is 7.76. The van der Waals surface area contributed by atoms with Gasteiger partial charge in [-0.15, -0.1) is 0 Å². The molecule has 2 unspecified atom stereocenters. The van der Waals surface area contributed by atoms with Crippen molar-refractivity contribution in [1.82, 2.24) is 0 Å². The van der Waals surface area contributed by atoms with E-state index >= 15 is 0 Å². The van der Waals surface area contributed by atoms with E-state index in [4.69, 9.17) is 5.11 Å². The maximum absolute atomic E-state index is 10.7. The van der Waals surface area contributed by atoms with E-state index in [1.165, 1.54) is 44.9 Å². The lowest BCUT2D eigenvalue weighted by molar-refractivity contribution is -0.0899. The second kappa shape index (κ2) is 5.50. The fourth-order valence-corrected chi connectivity index (χ4v) is 3.96. The van der Waals surface area contributed by atoms with Gasteiger partial charge in [0, 0.05) is 6.61 Å². The molecular weight excluding hydrogens is 200 g/mol. The summed E-state index contributed by atoms with van der Waals surface area (Å²) < 4.78 is 0. The van der Waals surface area contributed by atoms with Crippen molar-refractivity contribution >= 4 is 0 Å². The normalized spacial score (nSPS) is 37.5.